The third-order valence-electron chi connectivity index (χ3n) is 2.60. The number of hydrogen-bond acceptors (Lipinski definition) is 3. The van der Waals surface area contributed by atoms with Crippen LogP contribution in [0.1, 0.15) is 25.8 Å². The van der Waals surface area contributed by atoms with Crippen molar-refractivity contribution in [3.63, 3.8) is 0 Å². The molecule has 1 aromatic rings. The number of nitrogens with zero attached hydrogens (tertiary/aromatic N) is 1. The Labute approximate surface area is 108 Å². The summed E-state index contributed by atoms with van der Waals surface area (Å²) in [5.41, 5.74) is 0.939. The molecule has 0 saturated heterocycles. The predicted octanol–water partition coefficient (Wildman–Crippen LogP) is 2.05. The van der Waals surface area contributed by atoms with Crippen LogP contribution in [0.15, 0.2) is 24.3 Å². The highest BCUT2D eigenvalue weighted by Crippen LogP contribution is 2.12. The monoisotopic (exact) mass is 246 g/mol. The molecular formula is C14H18N2O2. The van der Waals surface area contributed by atoms with E-state index in [0.29, 0.717) is 12.2 Å². The van der Waals surface area contributed by atoms with Gasteiger partial charge in [-0.1, -0.05) is 19.1 Å². The molecule has 0 fully saturated rings. The van der Waals surface area contributed by atoms with Crippen molar-refractivity contribution in [2.24, 2.45) is 0 Å². The molecule has 1 aromatic carbocycles. The lowest BCUT2D eigenvalue weighted by molar-refractivity contribution is -0.123. The second kappa shape index (κ2) is 7.33. The van der Waals surface area contributed by atoms with E-state index in [1.807, 2.05) is 26.0 Å². The van der Waals surface area contributed by atoms with Gasteiger partial charge in [0.1, 0.15) is 5.75 Å². The lowest BCUT2D eigenvalue weighted by Gasteiger charge is -2.12. The topological polar surface area (TPSA) is 62.1 Å². The van der Waals surface area contributed by atoms with E-state index in [-0.39, 0.29) is 18.6 Å². The summed E-state index contributed by atoms with van der Waals surface area (Å²) in [6, 6.07) is 9.43. The molecule has 1 atom stereocenters. The summed E-state index contributed by atoms with van der Waals surface area (Å²) in [6.07, 6.45) is 1.28. The summed E-state index contributed by atoms with van der Waals surface area (Å²) in [5.74, 6) is 0.515. The Morgan fingerprint density at radius 1 is 1.44 bits per heavy atom. The van der Waals surface area contributed by atoms with Crippen molar-refractivity contribution in [1.29, 1.82) is 5.26 Å². The van der Waals surface area contributed by atoms with Crippen molar-refractivity contribution in [2.75, 3.05) is 6.61 Å². The molecule has 4 heteroatoms. The zero-order valence-electron chi connectivity index (χ0n) is 10.8. The van der Waals surface area contributed by atoms with Gasteiger partial charge in [-0.2, -0.15) is 5.26 Å². The van der Waals surface area contributed by atoms with E-state index in [1.165, 1.54) is 0 Å². The van der Waals surface area contributed by atoms with Crippen LogP contribution in [0, 0.1) is 11.3 Å². The second-order valence-electron chi connectivity index (χ2n) is 4.14. The van der Waals surface area contributed by atoms with Gasteiger partial charge in [-0.05, 0) is 31.0 Å². The van der Waals surface area contributed by atoms with Crippen LogP contribution in [0.5, 0.6) is 5.75 Å². The number of nitrogens with one attached hydrogen (secondary N) is 1. The first-order chi connectivity index (χ1) is 8.65. The Hall–Kier alpha value is -2.02. The molecule has 4 nitrogen and oxygen atoms in total. The number of rotatable bonds is 6. The maximum absolute atomic E-state index is 11.5. The highest BCUT2D eigenvalue weighted by Gasteiger charge is 2.06. The minimum Gasteiger partial charge on any atom is -0.484 e. The van der Waals surface area contributed by atoms with E-state index in [2.05, 4.69) is 11.4 Å². The maximum atomic E-state index is 11.5. The minimum atomic E-state index is -0.120. The Kier molecular flexibility index (Phi) is 5.72. The summed E-state index contributed by atoms with van der Waals surface area (Å²) in [5, 5.41) is 11.4. The van der Waals surface area contributed by atoms with E-state index in [0.717, 1.165) is 12.0 Å². The fraction of sp³-hybridized carbons (Fsp3) is 0.429. The van der Waals surface area contributed by atoms with Crippen LogP contribution in [0.4, 0.5) is 0 Å². The molecule has 18 heavy (non-hydrogen) atoms. The molecule has 1 rings (SSSR count). The predicted molar refractivity (Wildman–Crippen MR) is 69.1 cm³/mol. The van der Waals surface area contributed by atoms with Crippen LogP contribution in [0.25, 0.3) is 0 Å². The molecule has 1 unspecified atom stereocenters. The number of carbonyl (C=O) groups excluding carboxylic acids is 1. The SMILES string of the molecule is CCC(C)NC(=O)COc1ccc(CC#N)cc1. The number of hydrogen-bond donors (Lipinski definition) is 1. The number of ether oxygens (including phenoxy) is 1. The fourth-order valence-corrected chi connectivity index (χ4v) is 1.36. The average Bonchev–Trinajstić information content (AvgIpc) is 2.38. The number of nitriles is 1. The number of carbonyl (C=O) groups is 1. The molecule has 96 valence electrons. The van der Waals surface area contributed by atoms with Crippen LogP contribution in [-0.2, 0) is 11.2 Å². The molecule has 0 aliphatic carbocycles. The number of benzene rings is 1. The van der Waals surface area contributed by atoms with Gasteiger partial charge in [0.05, 0.1) is 12.5 Å². The van der Waals surface area contributed by atoms with Crippen LogP contribution in [-0.4, -0.2) is 18.6 Å². The van der Waals surface area contributed by atoms with Gasteiger partial charge < -0.3 is 10.1 Å². The van der Waals surface area contributed by atoms with E-state index < -0.39 is 0 Å². The maximum Gasteiger partial charge on any atom is 0.258 e. The standard InChI is InChI=1S/C14H18N2O2/c1-3-11(2)16-14(17)10-18-13-6-4-12(5-7-13)8-9-15/h4-7,11H,3,8,10H2,1-2H3,(H,16,17). The smallest absolute Gasteiger partial charge is 0.258 e. The molecule has 0 bridgehead atoms. The zero-order chi connectivity index (χ0) is 13.4. The van der Waals surface area contributed by atoms with Crippen molar-refractivity contribution < 1.29 is 9.53 Å². The van der Waals surface area contributed by atoms with Crippen molar-refractivity contribution in [1.82, 2.24) is 5.32 Å². The van der Waals surface area contributed by atoms with Crippen LogP contribution < -0.4 is 10.1 Å². The van der Waals surface area contributed by atoms with E-state index in [1.54, 1.807) is 12.1 Å². The summed E-state index contributed by atoms with van der Waals surface area (Å²) >= 11 is 0. The summed E-state index contributed by atoms with van der Waals surface area (Å²) in [7, 11) is 0. The van der Waals surface area contributed by atoms with Gasteiger partial charge in [0.2, 0.25) is 0 Å². The molecule has 0 aliphatic rings. The van der Waals surface area contributed by atoms with Crippen LogP contribution in [0.3, 0.4) is 0 Å². The molecule has 0 heterocycles. The molecular weight excluding hydrogens is 228 g/mol. The van der Waals surface area contributed by atoms with E-state index in [9.17, 15) is 4.79 Å². The molecule has 1 amide bonds. The fourth-order valence-electron chi connectivity index (χ4n) is 1.36. The van der Waals surface area contributed by atoms with Crippen molar-refractivity contribution in [3.05, 3.63) is 29.8 Å². The summed E-state index contributed by atoms with van der Waals surface area (Å²) < 4.78 is 5.35. The van der Waals surface area contributed by atoms with Gasteiger partial charge in [-0.15, -0.1) is 0 Å². The molecule has 1 N–H and O–H groups in total. The highest BCUT2D eigenvalue weighted by atomic mass is 16.5. The van der Waals surface area contributed by atoms with E-state index in [4.69, 9.17) is 10.00 Å². The molecule has 0 aromatic heterocycles. The number of amides is 1. The summed E-state index contributed by atoms with van der Waals surface area (Å²) in [4.78, 5) is 11.5. The van der Waals surface area contributed by atoms with E-state index >= 15 is 0 Å². The van der Waals surface area contributed by atoms with Gasteiger partial charge in [0, 0.05) is 6.04 Å². The first-order valence-electron chi connectivity index (χ1n) is 6.03. The first-order valence-corrected chi connectivity index (χ1v) is 6.03. The molecule has 0 saturated carbocycles. The normalized spacial score (nSPS) is 11.4. The molecule has 0 aliphatic heterocycles. The molecule has 0 radical (unpaired) electrons. The molecule has 0 spiro atoms. The first kappa shape index (κ1) is 14.0. The third kappa shape index (κ3) is 4.88. The van der Waals surface area contributed by atoms with Gasteiger partial charge in [0.15, 0.2) is 6.61 Å². The van der Waals surface area contributed by atoms with Gasteiger partial charge in [0.25, 0.3) is 5.91 Å². The lowest BCUT2D eigenvalue weighted by Crippen LogP contribution is -2.35. The van der Waals surface area contributed by atoms with Gasteiger partial charge >= 0.3 is 0 Å². The Balaban J connectivity index is 2.39. The zero-order valence-corrected chi connectivity index (χ0v) is 10.8. The lowest BCUT2D eigenvalue weighted by atomic mass is 10.2. The minimum absolute atomic E-state index is 0.0158. The van der Waals surface area contributed by atoms with Gasteiger partial charge in [-0.3, -0.25) is 4.79 Å². The van der Waals surface area contributed by atoms with Crippen molar-refractivity contribution in [2.45, 2.75) is 32.7 Å². The third-order valence-corrected chi connectivity index (χ3v) is 2.60. The van der Waals surface area contributed by atoms with Gasteiger partial charge in [-0.25, -0.2) is 0 Å². The van der Waals surface area contributed by atoms with Crippen molar-refractivity contribution in [3.8, 4) is 11.8 Å². The average molecular weight is 246 g/mol. The highest BCUT2D eigenvalue weighted by molar-refractivity contribution is 5.77. The Morgan fingerprint density at radius 3 is 2.67 bits per heavy atom. The largest absolute Gasteiger partial charge is 0.484 e. The quantitative estimate of drug-likeness (QED) is 0.835. The Morgan fingerprint density at radius 2 is 2.11 bits per heavy atom. The van der Waals surface area contributed by atoms with Crippen LogP contribution >= 0.6 is 0 Å². The van der Waals surface area contributed by atoms with Crippen LogP contribution in [0.2, 0.25) is 0 Å². The summed E-state index contributed by atoms with van der Waals surface area (Å²) in [6.45, 7) is 3.98. The Bertz CT molecular complexity index is 420. The van der Waals surface area contributed by atoms with Crippen molar-refractivity contribution >= 4 is 5.91 Å². The second-order valence-corrected chi connectivity index (χ2v) is 4.14.